The van der Waals surface area contributed by atoms with Gasteiger partial charge >= 0.3 is 0 Å². The van der Waals surface area contributed by atoms with E-state index < -0.39 is 0 Å². The highest BCUT2D eigenvalue weighted by molar-refractivity contribution is 7.12. The Balaban J connectivity index is 0.000000686. The highest BCUT2D eigenvalue weighted by atomic mass is 32.1. The van der Waals surface area contributed by atoms with Gasteiger partial charge in [0.1, 0.15) is 0 Å². The molecule has 0 atom stereocenters. The Hall–Kier alpha value is -0.340. The van der Waals surface area contributed by atoms with E-state index in [1.165, 1.54) is 13.0 Å². The molecule has 98 valence electrons. The van der Waals surface area contributed by atoms with Crippen LogP contribution in [-0.2, 0) is 13.0 Å². The Morgan fingerprint density at radius 2 is 1.82 bits per heavy atom. The van der Waals surface area contributed by atoms with Gasteiger partial charge in [0.2, 0.25) is 0 Å². The van der Waals surface area contributed by atoms with Crippen LogP contribution in [0.15, 0.2) is 6.07 Å². The summed E-state index contributed by atoms with van der Waals surface area (Å²) in [7, 11) is 0. The van der Waals surface area contributed by atoms with Crippen LogP contribution in [0.5, 0.6) is 0 Å². The molecule has 2 heterocycles. The van der Waals surface area contributed by atoms with Crippen LogP contribution in [-0.4, -0.2) is 17.5 Å². The van der Waals surface area contributed by atoms with Gasteiger partial charge in [-0.05, 0) is 37.8 Å². The lowest BCUT2D eigenvalue weighted by Gasteiger charge is -2.30. The molecule has 1 nitrogen and oxygen atoms in total. The topological polar surface area (TPSA) is 3.24 Å². The number of fused-ring (bicyclic) bond motifs is 1. The minimum absolute atomic E-state index is 0.681. The van der Waals surface area contributed by atoms with E-state index in [-0.39, 0.29) is 0 Å². The first-order valence-electron chi connectivity index (χ1n) is 6.93. The predicted molar refractivity (Wildman–Crippen MR) is 79.0 cm³/mol. The second-order valence-electron chi connectivity index (χ2n) is 5.07. The summed E-state index contributed by atoms with van der Waals surface area (Å²) in [6.07, 6.45) is 1.25. The molecule has 0 amide bonds. The normalized spacial score (nSPS) is 15.8. The predicted octanol–water partition coefficient (Wildman–Crippen LogP) is 4.66. The van der Waals surface area contributed by atoms with Gasteiger partial charge in [0.05, 0.1) is 0 Å². The SMILES string of the molecule is CC.CC(C)c1cc2c(s1)CCN(C(C)C)C2. The van der Waals surface area contributed by atoms with E-state index in [4.69, 9.17) is 0 Å². The van der Waals surface area contributed by atoms with Crippen molar-refractivity contribution in [3.8, 4) is 0 Å². The monoisotopic (exact) mass is 253 g/mol. The third-order valence-electron chi connectivity index (χ3n) is 3.21. The Morgan fingerprint density at radius 1 is 1.18 bits per heavy atom. The molecular formula is C15H27NS. The van der Waals surface area contributed by atoms with E-state index in [9.17, 15) is 0 Å². The average Bonchev–Trinajstić information content (AvgIpc) is 2.74. The van der Waals surface area contributed by atoms with Gasteiger partial charge in [-0.15, -0.1) is 11.3 Å². The zero-order valence-corrected chi connectivity index (χ0v) is 13.0. The minimum atomic E-state index is 0.681. The van der Waals surface area contributed by atoms with Crippen LogP contribution in [0.1, 0.15) is 62.8 Å². The van der Waals surface area contributed by atoms with Gasteiger partial charge in [-0.1, -0.05) is 27.7 Å². The molecule has 1 aromatic rings. The average molecular weight is 253 g/mol. The Morgan fingerprint density at radius 3 is 2.35 bits per heavy atom. The van der Waals surface area contributed by atoms with E-state index in [2.05, 4.69) is 38.7 Å². The second-order valence-corrected chi connectivity index (χ2v) is 6.23. The lowest BCUT2D eigenvalue weighted by atomic mass is 10.1. The molecule has 0 saturated carbocycles. The molecule has 0 aliphatic carbocycles. The van der Waals surface area contributed by atoms with Crippen molar-refractivity contribution in [2.75, 3.05) is 6.54 Å². The van der Waals surface area contributed by atoms with Crippen molar-refractivity contribution in [3.05, 3.63) is 21.4 Å². The molecular weight excluding hydrogens is 226 g/mol. The van der Waals surface area contributed by atoms with Gasteiger partial charge in [-0.2, -0.15) is 0 Å². The summed E-state index contributed by atoms with van der Waals surface area (Å²) in [6.45, 7) is 15.6. The zero-order valence-electron chi connectivity index (χ0n) is 12.2. The maximum atomic E-state index is 2.57. The fraction of sp³-hybridized carbons (Fsp3) is 0.733. The Labute approximate surface area is 111 Å². The fourth-order valence-corrected chi connectivity index (χ4v) is 3.27. The van der Waals surface area contributed by atoms with Crippen molar-refractivity contribution in [2.24, 2.45) is 0 Å². The number of nitrogens with zero attached hydrogens (tertiary/aromatic N) is 1. The molecule has 0 spiro atoms. The van der Waals surface area contributed by atoms with E-state index in [1.807, 2.05) is 25.2 Å². The van der Waals surface area contributed by atoms with Crippen LogP contribution < -0.4 is 0 Å². The van der Waals surface area contributed by atoms with Crippen molar-refractivity contribution in [3.63, 3.8) is 0 Å². The molecule has 0 aromatic carbocycles. The first-order chi connectivity index (χ1) is 8.08. The molecule has 0 unspecified atom stereocenters. The standard InChI is InChI=1S/C13H21NS.C2H6/c1-9(2)13-7-11-8-14(10(3)4)6-5-12(11)15-13;1-2/h7,9-10H,5-6,8H2,1-4H3;1-2H3. The molecule has 1 aromatic heterocycles. The van der Waals surface area contributed by atoms with E-state index in [1.54, 1.807) is 15.3 Å². The van der Waals surface area contributed by atoms with Gasteiger partial charge < -0.3 is 0 Å². The molecule has 0 bridgehead atoms. The van der Waals surface area contributed by atoms with Crippen LogP contribution in [0, 0.1) is 0 Å². The van der Waals surface area contributed by atoms with Crippen molar-refractivity contribution >= 4 is 11.3 Å². The third-order valence-corrected chi connectivity index (χ3v) is 4.75. The van der Waals surface area contributed by atoms with Crippen molar-refractivity contribution < 1.29 is 0 Å². The quantitative estimate of drug-likeness (QED) is 0.740. The molecule has 0 fully saturated rings. The van der Waals surface area contributed by atoms with E-state index in [0.29, 0.717) is 12.0 Å². The first-order valence-corrected chi connectivity index (χ1v) is 7.75. The van der Waals surface area contributed by atoms with Crippen LogP contribution in [0.25, 0.3) is 0 Å². The van der Waals surface area contributed by atoms with Gasteiger partial charge in [-0.3, -0.25) is 4.90 Å². The highest BCUT2D eigenvalue weighted by Gasteiger charge is 2.21. The lowest BCUT2D eigenvalue weighted by molar-refractivity contribution is 0.205. The molecule has 0 N–H and O–H groups in total. The van der Waals surface area contributed by atoms with Gasteiger partial charge in [0.15, 0.2) is 0 Å². The minimum Gasteiger partial charge on any atom is -0.296 e. The second kappa shape index (κ2) is 6.55. The van der Waals surface area contributed by atoms with Crippen molar-refractivity contribution in [1.82, 2.24) is 4.90 Å². The summed E-state index contributed by atoms with van der Waals surface area (Å²) in [4.78, 5) is 5.76. The van der Waals surface area contributed by atoms with Crippen LogP contribution in [0.2, 0.25) is 0 Å². The molecule has 0 saturated heterocycles. The summed E-state index contributed by atoms with van der Waals surface area (Å²) in [6, 6.07) is 3.11. The van der Waals surface area contributed by atoms with Gasteiger partial charge in [0, 0.05) is 28.9 Å². The maximum absolute atomic E-state index is 2.57. The van der Waals surface area contributed by atoms with E-state index >= 15 is 0 Å². The molecule has 1 aliphatic rings. The largest absolute Gasteiger partial charge is 0.296 e. The summed E-state index contributed by atoms with van der Waals surface area (Å²) < 4.78 is 0. The first kappa shape index (κ1) is 14.7. The van der Waals surface area contributed by atoms with Crippen molar-refractivity contribution in [1.29, 1.82) is 0 Å². The van der Waals surface area contributed by atoms with Crippen molar-refractivity contribution in [2.45, 2.75) is 66.5 Å². The summed E-state index contributed by atoms with van der Waals surface area (Å²) >= 11 is 2.03. The molecule has 17 heavy (non-hydrogen) atoms. The number of hydrogen-bond acceptors (Lipinski definition) is 2. The zero-order chi connectivity index (χ0) is 13.0. The lowest BCUT2D eigenvalue weighted by Crippen LogP contribution is -2.35. The Bertz CT molecular complexity index is 339. The third kappa shape index (κ3) is 3.56. The molecule has 2 heteroatoms. The van der Waals surface area contributed by atoms with Crippen LogP contribution in [0.3, 0.4) is 0 Å². The van der Waals surface area contributed by atoms with Gasteiger partial charge in [0.25, 0.3) is 0 Å². The molecule has 1 aliphatic heterocycles. The summed E-state index contributed by atoms with van der Waals surface area (Å²) in [5.74, 6) is 0.688. The number of rotatable bonds is 2. The molecule has 2 rings (SSSR count). The van der Waals surface area contributed by atoms with Crippen LogP contribution >= 0.6 is 11.3 Å². The summed E-state index contributed by atoms with van der Waals surface area (Å²) in [5.41, 5.74) is 1.59. The highest BCUT2D eigenvalue weighted by Crippen LogP contribution is 2.32. The number of thiophene rings is 1. The molecule has 0 radical (unpaired) electrons. The maximum Gasteiger partial charge on any atom is 0.0247 e. The Kier molecular flexibility index (Phi) is 5.68. The van der Waals surface area contributed by atoms with E-state index in [0.717, 1.165) is 6.54 Å². The fourth-order valence-electron chi connectivity index (χ4n) is 2.10. The summed E-state index contributed by atoms with van der Waals surface area (Å²) in [5, 5.41) is 0. The number of hydrogen-bond donors (Lipinski definition) is 0. The smallest absolute Gasteiger partial charge is 0.0247 e. The van der Waals surface area contributed by atoms with Crippen LogP contribution in [0.4, 0.5) is 0 Å². The van der Waals surface area contributed by atoms with Gasteiger partial charge in [-0.25, -0.2) is 0 Å².